The van der Waals surface area contributed by atoms with Gasteiger partial charge in [0, 0.05) is 17.4 Å². The van der Waals surface area contributed by atoms with Crippen molar-refractivity contribution in [1.29, 1.82) is 0 Å². The number of anilines is 2. The van der Waals surface area contributed by atoms with Crippen LogP contribution in [0.5, 0.6) is 11.5 Å². The fourth-order valence-corrected chi connectivity index (χ4v) is 6.74. The summed E-state index contributed by atoms with van der Waals surface area (Å²) in [6.45, 7) is 1.77. The number of esters is 1. The normalized spacial score (nSPS) is 28.8. The van der Waals surface area contributed by atoms with E-state index in [0.29, 0.717) is 22.9 Å². The van der Waals surface area contributed by atoms with Crippen molar-refractivity contribution in [2.75, 3.05) is 30.6 Å². The van der Waals surface area contributed by atoms with Crippen LogP contribution in [0.15, 0.2) is 60.2 Å². The van der Waals surface area contributed by atoms with Gasteiger partial charge in [0.05, 0.1) is 55.9 Å². The lowest BCUT2D eigenvalue weighted by Crippen LogP contribution is -2.53. The molecule has 10 heteroatoms. The van der Waals surface area contributed by atoms with Crippen LogP contribution in [-0.4, -0.2) is 50.4 Å². The highest BCUT2D eigenvalue weighted by Crippen LogP contribution is 2.61. The molecular formula is C29H26N2O8. The van der Waals surface area contributed by atoms with Crippen LogP contribution in [0, 0.1) is 35.5 Å². The molecule has 3 aliphatic carbocycles. The Bertz CT molecular complexity index is 1340. The lowest BCUT2D eigenvalue weighted by Gasteiger charge is -2.46. The Kier molecular flexibility index (Phi) is 5.78. The average molecular weight is 531 g/mol. The van der Waals surface area contributed by atoms with Crippen LogP contribution in [0.1, 0.15) is 6.92 Å². The van der Waals surface area contributed by atoms with Crippen LogP contribution >= 0.6 is 0 Å². The van der Waals surface area contributed by atoms with Crippen molar-refractivity contribution in [1.82, 2.24) is 0 Å². The Morgan fingerprint density at radius 3 is 1.46 bits per heavy atom. The van der Waals surface area contributed by atoms with E-state index >= 15 is 0 Å². The minimum Gasteiger partial charge on any atom is -0.497 e. The van der Waals surface area contributed by atoms with Crippen molar-refractivity contribution in [2.24, 2.45) is 35.5 Å². The van der Waals surface area contributed by atoms with Crippen molar-refractivity contribution in [3.05, 3.63) is 60.2 Å². The minimum atomic E-state index is -0.970. The highest BCUT2D eigenvalue weighted by molar-refractivity contribution is 6.27. The van der Waals surface area contributed by atoms with E-state index < -0.39 is 65.1 Å². The van der Waals surface area contributed by atoms with Gasteiger partial charge in [-0.3, -0.25) is 29.0 Å². The smallest absolute Gasteiger partial charge is 0.334 e. The van der Waals surface area contributed by atoms with Crippen LogP contribution in [0.2, 0.25) is 0 Å². The molecule has 200 valence electrons. The van der Waals surface area contributed by atoms with E-state index in [1.807, 2.05) is 0 Å². The fourth-order valence-electron chi connectivity index (χ4n) is 6.74. The summed E-state index contributed by atoms with van der Waals surface area (Å²) in [7, 11) is 3.02. The van der Waals surface area contributed by atoms with E-state index in [-0.39, 0.29) is 12.2 Å². The molecular weight excluding hydrogens is 504 g/mol. The van der Waals surface area contributed by atoms with Crippen LogP contribution in [0.3, 0.4) is 0 Å². The summed E-state index contributed by atoms with van der Waals surface area (Å²) in [6, 6.07) is 13.0. The molecule has 0 spiro atoms. The summed E-state index contributed by atoms with van der Waals surface area (Å²) < 4.78 is 15.6. The van der Waals surface area contributed by atoms with Gasteiger partial charge in [0.1, 0.15) is 11.5 Å². The summed E-state index contributed by atoms with van der Waals surface area (Å²) in [6.07, 6.45) is 1.59. The summed E-state index contributed by atoms with van der Waals surface area (Å²) in [5.41, 5.74) is 0.903. The molecule has 6 atom stereocenters. The highest BCUT2D eigenvalue weighted by atomic mass is 16.5. The monoisotopic (exact) mass is 530 g/mol. The molecule has 4 amide bonds. The first kappa shape index (κ1) is 24.8. The molecule has 2 aliphatic heterocycles. The van der Waals surface area contributed by atoms with E-state index in [9.17, 15) is 24.0 Å². The summed E-state index contributed by atoms with van der Waals surface area (Å²) in [5.74, 6) is -6.90. The molecule has 1 saturated carbocycles. The first-order chi connectivity index (χ1) is 18.8. The number of carbonyl (C=O) groups excluding carboxylic acids is 5. The lowest BCUT2D eigenvalue weighted by atomic mass is 9.52. The van der Waals surface area contributed by atoms with Gasteiger partial charge in [0.25, 0.3) is 0 Å². The second-order valence-electron chi connectivity index (χ2n) is 9.97. The third kappa shape index (κ3) is 3.43. The number of rotatable bonds is 6. The molecule has 3 fully saturated rings. The molecule has 2 aromatic rings. The van der Waals surface area contributed by atoms with Gasteiger partial charge in [0.2, 0.25) is 23.6 Å². The number of ether oxygens (including phenoxy) is 3. The number of allylic oxidation sites excluding steroid dienone is 1. The predicted octanol–water partition coefficient (Wildman–Crippen LogP) is 2.36. The Hall–Kier alpha value is -4.47. The molecule has 7 rings (SSSR count). The maximum absolute atomic E-state index is 13.9. The molecule has 10 nitrogen and oxygen atoms in total. The number of hydrogen-bond donors (Lipinski definition) is 0. The number of hydrogen-bond acceptors (Lipinski definition) is 8. The average Bonchev–Trinajstić information content (AvgIpc) is 3.39. The summed E-state index contributed by atoms with van der Waals surface area (Å²) in [5, 5.41) is 0. The van der Waals surface area contributed by atoms with Crippen molar-refractivity contribution in [2.45, 2.75) is 6.92 Å². The largest absolute Gasteiger partial charge is 0.497 e. The highest BCUT2D eigenvalue weighted by Gasteiger charge is 2.71. The summed E-state index contributed by atoms with van der Waals surface area (Å²) in [4.78, 5) is 70.6. The van der Waals surface area contributed by atoms with Crippen LogP contribution in [0.25, 0.3) is 0 Å². The number of nitrogens with zero attached hydrogens (tertiary/aromatic N) is 2. The van der Waals surface area contributed by atoms with Gasteiger partial charge >= 0.3 is 5.97 Å². The number of methoxy groups -OCH3 is 2. The predicted molar refractivity (Wildman–Crippen MR) is 137 cm³/mol. The number of benzene rings is 2. The zero-order valence-corrected chi connectivity index (χ0v) is 21.5. The van der Waals surface area contributed by atoms with Crippen molar-refractivity contribution >= 4 is 41.0 Å². The third-order valence-corrected chi connectivity index (χ3v) is 8.30. The van der Waals surface area contributed by atoms with Crippen LogP contribution in [-0.2, 0) is 28.7 Å². The van der Waals surface area contributed by atoms with E-state index in [1.165, 1.54) is 14.2 Å². The van der Waals surface area contributed by atoms with Gasteiger partial charge in [0.15, 0.2) is 0 Å². The Labute approximate surface area is 224 Å². The van der Waals surface area contributed by atoms with Gasteiger partial charge < -0.3 is 14.2 Å². The third-order valence-electron chi connectivity index (χ3n) is 8.30. The zero-order valence-electron chi connectivity index (χ0n) is 21.5. The Morgan fingerprint density at radius 2 is 1.08 bits per heavy atom. The van der Waals surface area contributed by atoms with Crippen LogP contribution < -0.4 is 19.3 Å². The Balaban J connectivity index is 1.43. The minimum absolute atomic E-state index is 0.103. The van der Waals surface area contributed by atoms with Gasteiger partial charge in [-0.2, -0.15) is 0 Å². The maximum Gasteiger partial charge on any atom is 0.334 e. The SMILES string of the molecule is CCOC(=O)C1=CC2[C@H]3C(=O)N(c4ccc(OC)cc4)C(=O)[C@H]3C1[C@H]1C(=O)N(c3ccc(OC)cc3)C(=O)[C@@H]21. The Morgan fingerprint density at radius 1 is 0.667 bits per heavy atom. The summed E-state index contributed by atoms with van der Waals surface area (Å²) >= 11 is 0. The molecule has 2 aromatic carbocycles. The number of amides is 4. The maximum atomic E-state index is 13.9. The molecule has 0 radical (unpaired) electrons. The zero-order chi connectivity index (χ0) is 27.6. The van der Waals surface area contributed by atoms with E-state index in [4.69, 9.17) is 14.2 Å². The molecule has 0 aromatic heterocycles. The number of carbonyl (C=O) groups is 5. The van der Waals surface area contributed by atoms with E-state index in [2.05, 4.69) is 0 Å². The van der Waals surface area contributed by atoms with Gasteiger partial charge in [-0.15, -0.1) is 0 Å². The standard InChI is InChI=1S/C29H26N2O8/c1-4-39-29(36)19-13-18-21-23(27(34)30(25(21)32)14-5-9-16(37-2)10-6-14)20(19)24-22(18)26(33)31(28(24)35)15-7-11-17(38-3)12-8-15/h5-13,18,20-24H,4H2,1-3H3/t18?,20?,21-,22+,23+,24-. The van der Waals surface area contributed by atoms with Gasteiger partial charge in [-0.05, 0) is 55.5 Å². The van der Waals surface area contributed by atoms with Gasteiger partial charge in [-0.1, -0.05) is 6.08 Å². The number of imide groups is 2. The second kappa shape index (κ2) is 9.07. The molecule has 2 saturated heterocycles. The van der Waals surface area contributed by atoms with Crippen LogP contribution in [0.4, 0.5) is 11.4 Å². The fraction of sp³-hybridized carbons (Fsp3) is 0.345. The molecule has 2 heterocycles. The van der Waals surface area contributed by atoms with Crippen molar-refractivity contribution in [3.63, 3.8) is 0 Å². The molecule has 5 aliphatic rings. The molecule has 39 heavy (non-hydrogen) atoms. The first-order valence-corrected chi connectivity index (χ1v) is 12.7. The molecule has 2 unspecified atom stereocenters. The molecule has 0 N–H and O–H groups in total. The van der Waals surface area contributed by atoms with E-state index in [0.717, 1.165) is 9.80 Å². The van der Waals surface area contributed by atoms with Crippen molar-refractivity contribution < 1.29 is 38.2 Å². The second-order valence-corrected chi connectivity index (χ2v) is 9.97. The topological polar surface area (TPSA) is 120 Å². The van der Waals surface area contributed by atoms with E-state index in [1.54, 1.807) is 61.5 Å². The lowest BCUT2D eigenvalue weighted by molar-refractivity contribution is -0.146. The van der Waals surface area contributed by atoms with Crippen molar-refractivity contribution in [3.8, 4) is 11.5 Å². The quantitative estimate of drug-likeness (QED) is 0.413. The first-order valence-electron chi connectivity index (χ1n) is 12.7. The molecule has 2 bridgehead atoms. The van der Waals surface area contributed by atoms with Gasteiger partial charge in [-0.25, -0.2) is 4.79 Å².